The minimum absolute atomic E-state index is 0.529. The van der Waals surface area contributed by atoms with Crippen LogP contribution in [-0.2, 0) is 0 Å². The summed E-state index contributed by atoms with van der Waals surface area (Å²) < 4.78 is 9.56. The molecule has 10 heavy (non-hydrogen) atoms. The molecule has 0 unspecified atom stereocenters. The van der Waals surface area contributed by atoms with Crippen LogP contribution in [-0.4, -0.2) is 10.1 Å². The van der Waals surface area contributed by atoms with Crippen LogP contribution in [0.3, 0.4) is 0 Å². The summed E-state index contributed by atoms with van der Waals surface area (Å²) in [5.74, 6) is 0.529. The fourth-order valence-electron chi connectivity index (χ4n) is 0.676. The first kappa shape index (κ1) is 5.22. The van der Waals surface area contributed by atoms with Crippen LogP contribution in [0.1, 0.15) is 0 Å². The first-order chi connectivity index (χ1) is 4.97. The highest BCUT2D eigenvalue weighted by Gasteiger charge is 2.02. The van der Waals surface area contributed by atoms with Gasteiger partial charge in [0.05, 0.1) is 18.0 Å². The summed E-state index contributed by atoms with van der Waals surface area (Å²) in [5, 5.41) is 3.50. The molecule has 0 N–H and O–H groups in total. The molecule has 0 aromatic carbocycles. The Morgan fingerprint density at radius 3 is 3.00 bits per heavy atom. The van der Waals surface area contributed by atoms with E-state index in [4.69, 9.17) is 4.42 Å². The lowest BCUT2D eigenvalue weighted by molar-refractivity contribution is 0.419. The van der Waals surface area contributed by atoms with Crippen LogP contribution >= 0.6 is 0 Å². The van der Waals surface area contributed by atoms with Gasteiger partial charge in [-0.25, -0.2) is 4.98 Å². The molecular formula is C6H4N2O2. The van der Waals surface area contributed by atoms with Gasteiger partial charge in [-0.15, -0.1) is 0 Å². The third-order valence-electron chi connectivity index (χ3n) is 1.11. The van der Waals surface area contributed by atoms with Crippen LogP contribution < -0.4 is 0 Å². The Kier molecular flexibility index (Phi) is 1.04. The van der Waals surface area contributed by atoms with Crippen molar-refractivity contribution in [1.29, 1.82) is 0 Å². The Labute approximate surface area is 56.5 Å². The first-order valence-corrected chi connectivity index (χ1v) is 2.76. The first-order valence-electron chi connectivity index (χ1n) is 2.76. The zero-order valence-electron chi connectivity index (χ0n) is 5.02. The molecule has 2 aromatic rings. The number of nitrogens with zero attached hydrogens (tertiary/aromatic N) is 2. The van der Waals surface area contributed by atoms with E-state index < -0.39 is 0 Å². The van der Waals surface area contributed by atoms with E-state index in [2.05, 4.69) is 14.7 Å². The predicted molar refractivity (Wildman–Crippen MR) is 32.0 cm³/mol. The molecule has 0 fully saturated rings. The molecular weight excluding hydrogens is 132 g/mol. The molecule has 2 heterocycles. The topological polar surface area (TPSA) is 52.1 Å². The zero-order valence-corrected chi connectivity index (χ0v) is 5.02. The molecule has 4 nitrogen and oxygen atoms in total. The van der Waals surface area contributed by atoms with Crippen LogP contribution in [0.5, 0.6) is 0 Å². The summed E-state index contributed by atoms with van der Waals surface area (Å²) >= 11 is 0. The normalized spacial score (nSPS) is 10.0. The van der Waals surface area contributed by atoms with E-state index in [0.29, 0.717) is 5.89 Å². The van der Waals surface area contributed by atoms with Gasteiger partial charge in [-0.2, -0.15) is 0 Å². The lowest BCUT2D eigenvalue weighted by Gasteiger charge is -1.80. The number of aromatic nitrogens is 2. The number of hydrogen-bond donors (Lipinski definition) is 0. The second-order valence-electron chi connectivity index (χ2n) is 1.75. The molecule has 0 aliphatic carbocycles. The maximum Gasteiger partial charge on any atom is 0.230 e. The van der Waals surface area contributed by atoms with E-state index >= 15 is 0 Å². The SMILES string of the molecule is c1coc(-c2cnoc2)n1. The van der Waals surface area contributed by atoms with Crippen molar-refractivity contribution in [3.05, 3.63) is 24.9 Å². The summed E-state index contributed by atoms with van der Waals surface area (Å²) in [6.07, 6.45) is 6.10. The molecule has 0 saturated heterocycles. The van der Waals surface area contributed by atoms with Crippen LogP contribution in [0, 0.1) is 0 Å². The molecule has 50 valence electrons. The Morgan fingerprint density at radius 2 is 2.40 bits per heavy atom. The van der Waals surface area contributed by atoms with Gasteiger partial charge in [0.25, 0.3) is 0 Å². The van der Waals surface area contributed by atoms with E-state index in [1.807, 2.05) is 0 Å². The van der Waals surface area contributed by atoms with Crippen molar-refractivity contribution in [3.8, 4) is 11.5 Å². The lowest BCUT2D eigenvalue weighted by Crippen LogP contribution is -1.68. The van der Waals surface area contributed by atoms with Crippen LogP contribution in [0.25, 0.3) is 11.5 Å². The molecule has 0 spiro atoms. The highest BCUT2D eigenvalue weighted by molar-refractivity contribution is 5.48. The van der Waals surface area contributed by atoms with Crippen LogP contribution in [0.2, 0.25) is 0 Å². The summed E-state index contributed by atoms with van der Waals surface area (Å²) in [5.41, 5.74) is 0.755. The highest BCUT2D eigenvalue weighted by Crippen LogP contribution is 2.14. The van der Waals surface area contributed by atoms with Crippen molar-refractivity contribution < 1.29 is 8.94 Å². The summed E-state index contributed by atoms with van der Waals surface area (Å²) in [7, 11) is 0. The van der Waals surface area contributed by atoms with Crippen molar-refractivity contribution in [1.82, 2.24) is 10.1 Å². The minimum Gasteiger partial charge on any atom is -0.444 e. The van der Waals surface area contributed by atoms with Gasteiger partial charge in [0.1, 0.15) is 12.5 Å². The monoisotopic (exact) mass is 136 g/mol. The third-order valence-corrected chi connectivity index (χ3v) is 1.11. The molecule has 4 heteroatoms. The smallest absolute Gasteiger partial charge is 0.230 e. The van der Waals surface area contributed by atoms with Gasteiger partial charge in [0, 0.05) is 0 Å². The lowest BCUT2D eigenvalue weighted by atomic mass is 10.4. The van der Waals surface area contributed by atoms with Crippen molar-refractivity contribution in [2.45, 2.75) is 0 Å². The standard InChI is InChI=1S/C6H4N2O2/c1-2-9-6(7-1)5-3-8-10-4-5/h1-4H. The van der Waals surface area contributed by atoms with Gasteiger partial charge < -0.3 is 8.94 Å². The van der Waals surface area contributed by atoms with E-state index in [1.165, 1.54) is 12.5 Å². The van der Waals surface area contributed by atoms with Gasteiger partial charge in [0.2, 0.25) is 5.89 Å². The number of hydrogen-bond acceptors (Lipinski definition) is 4. The van der Waals surface area contributed by atoms with Crippen molar-refractivity contribution >= 4 is 0 Å². The van der Waals surface area contributed by atoms with Gasteiger partial charge in [-0.05, 0) is 0 Å². The summed E-state index contributed by atoms with van der Waals surface area (Å²) in [6, 6.07) is 0. The Hall–Kier alpha value is -1.58. The molecule has 0 atom stereocenters. The molecule has 0 bridgehead atoms. The van der Waals surface area contributed by atoms with Gasteiger partial charge in [-0.1, -0.05) is 5.16 Å². The number of oxazole rings is 1. The molecule has 0 aliphatic rings. The Balaban J connectivity index is 2.48. The van der Waals surface area contributed by atoms with Gasteiger partial charge >= 0.3 is 0 Å². The van der Waals surface area contributed by atoms with E-state index in [1.54, 1.807) is 12.4 Å². The predicted octanol–water partition coefficient (Wildman–Crippen LogP) is 1.33. The third kappa shape index (κ3) is 0.699. The van der Waals surface area contributed by atoms with E-state index in [-0.39, 0.29) is 0 Å². The quantitative estimate of drug-likeness (QED) is 0.593. The largest absolute Gasteiger partial charge is 0.444 e. The second-order valence-corrected chi connectivity index (χ2v) is 1.75. The maximum absolute atomic E-state index is 4.97. The van der Waals surface area contributed by atoms with Crippen molar-refractivity contribution in [3.63, 3.8) is 0 Å². The molecule has 0 saturated carbocycles. The highest BCUT2D eigenvalue weighted by atomic mass is 16.5. The van der Waals surface area contributed by atoms with E-state index in [0.717, 1.165) is 5.56 Å². The van der Waals surface area contributed by atoms with Crippen LogP contribution in [0.15, 0.2) is 33.9 Å². The maximum atomic E-state index is 4.97. The Bertz CT molecular complexity index is 253. The Morgan fingerprint density at radius 1 is 1.40 bits per heavy atom. The fourth-order valence-corrected chi connectivity index (χ4v) is 0.676. The zero-order chi connectivity index (χ0) is 6.81. The molecule has 0 aliphatic heterocycles. The molecule has 0 radical (unpaired) electrons. The van der Waals surface area contributed by atoms with E-state index in [9.17, 15) is 0 Å². The average molecular weight is 136 g/mol. The average Bonchev–Trinajstić information content (AvgIpc) is 2.59. The minimum atomic E-state index is 0.529. The summed E-state index contributed by atoms with van der Waals surface area (Å²) in [4.78, 5) is 3.89. The van der Waals surface area contributed by atoms with Crippen molar-refractivity contribution in [2.24, 2.45) is 0 Å². The van der Waals surface area contributed by atoms with Crippen molar-refractivity contribution in [2.75, 3.05) is 0 Å². The van der Waals surface area contributed by atoms with Gasteiger partial charge in [0.15, 0.2) is 0 Å². The van der Waals surface area contributed by atoms with Crippen LogP contribution in [0.4, 0.5) is 0 Å². The molecule has 2 aromatic heterocycles. The molecule has 0 amide bonds. The second kappa shape index (κ2) is 1.98. The summed E-state index contributed by atoms with van der Waals surface area (Å²) in [6.45, 7) is 0. The van der Waals surface area contributed by atoms with Gasteiger partial charge in [-0.3, -0.25) is 0 Å². The fraction of sp³-hybridized carbons (Fsp3) is 0. The molecule has 2 rings (SSSR count). The number of rotatable bonds is 1.